The molecular formula is C8H17NO3S. The molecule has 0 bridgehead atoms. The molecule has 0 amide bonds. The summed E-state index contributed by atoms with van der Waals surface area (Å²) in [6, 6.07) is 0. The predicted octanol–water partition coefficient (Wildman–Crippen LogP) is -0.0710. The lowest BCUT2D eigenvalue weighted by Gasteiger charge is -2.21. The Labute approximate surface area is 79.4 Å². The lowest BCUT2D eigenvalue weighted by molar-refractivity contribution is 0.0983. The summed E-state index contributed by atoms with van der Waals surface area (Å²) < 4.78 is 28.4. The van der Waals surface area contributed by atoms with E-state index < -0.39 is 9.84 Å². The van der Waals surface area contributed by atoms with Gasteiger partial charge in [0.15, 0.2) is 9.84 Å². The highest BCUT2D eigenvalue weighted by Gasteiger charge is 2.26. The maximum Gasteiger partial charge on any atom is 0.153 e. The highest BCUT2D eigenvalue weighted by molar-refractivity contribution is 7.92. The van der Waals surface area contributed by atoms with Gasteiger partial charge < -0.3 is 10.5 Å². The molecule has 0 spiro atoms. The van der Waals surface area contributed by atoms with E-state index in [1.54, 1.807) is 0 Å². The Morgan fingerprint density at radius 1 is 1.31 bits per heavy atom. The van der Waals surface area contributed by atoms with Crippen LogP contribution in [0.25, 0.3) is 0 Å². The molecule has 0 aromatic rings. The molecule has 1 fully saturated rings. The molecular weight excluding hydrogens is 190 g/mol. The van der Waals surface area contributed by atoms with Crippen molar-refractivity contribution in [1.29, 1.82) is 0 Å². The van der Waals surface area contributed by atoms with Crippen LogP contribution in [0.3, 0.4) is 0 Å². The summed E-state index contributed by atoms with van der Waals surface area (Å²) >= 11 is 0. The van der Waals surface area contributed by atoms with Crippen LogP contribution < -0.4 is 5.73 Å². The van der Waals surface area contributed by atoms with Gasteiger partial charge in [-0.25, -0.2) is 8.42 Å². The molecule has 0 saturated carbocycles. The average Bonchev–Trinajstić information content (AvgIpc) is 2.16. The van der Waals surface area contributed by atoms with Crippen molar-refractivity contribution in [1.82, 2.24) is 0 Å². The SMILES string of the molecule is NCCCS(=O)(=O)C1CCOCC1. The lowest BCUT2D eigenvalue weighted by Crippen LogP contribution is -2.31. The molecule has 1 saturated heterocycles. The molecule has 0 radical (unpaired) electrons. The van der Waals surface area contributed by atoms with E-state index in [2.05, 4.69) is 0 Å². The van der Waals surface area contributed by atoms with Gasteiger partial charge >= 0.3 is 0 Å². The van der Waals surface area contributed by atoms with E-state index in [4.69, 9.17) is 10.5 Å². The zero-order valence-corrected chi connectivity index (χ0v) is 8.55. The molecule has 0 aliphatic carbocycles. The number of hydrogen-bond acceptors (Lipinski definition) is 4. The monoisotopic (exact) mass is 207 g/mol. The molecule has 1 aliphatic heterocycles. The molecule has 0 aromatic heterocycles. The van der Waals surface area contributed by atoms with Gasteiger partial charge in [0.1, 0.15) is 0 Å². The van der Waals surface area contributed by atoms with Crippen LogP contribution >= 0.6 is 0 Å². The van der Waals surface area contributed by atoms with Gasteiger partial charge in [0.2, 0.25) is 0 Å². The van der Waals surface area contributed by atoms with Crippen molar-refractivity contribution in [3.05, 3.63) is 0 Å². The first-order valence-corrected chi connectivity index (χ1v) is 6.38. The number of ether oxygens (including phenoxy) is 1. The highest BCUT2D eigenvalue weighted by Crippen LogP contribution is 2.16. The van der Waals surface area contributed by atoms with Gasteiger partial charge in [-0.2, -0.15) is 0 Å². The molecule has 78 valence electrons. The summed E-state index contributed by atoms with van der Waals surface area (Å²) in [7, 11) is -2.91. The van der Waals surface area contributed by atoms with Crippen LogP contribution in [-0.4, -0.2) is 39.2 Å². The minimum Gasteiger partial charge on any atom is -0.381 e. The van der Waals surface area contributed by atoms with Crippen LogP contribution in [0.4, 0.5) is 0 Å². The maximum absolute atomic E-state index is 11.6. The third-order valence-corrected chi connectivity index (χ3v) is 4.65. The van der Waals surface area contributed by atoms with Gasteiger partial charge in [-0.15, -0.1) is 0 Å². The van der Waals surface area contributed by atoms with E-state index in [0.717, 1.165) is 0 Å². The van der Waals surface area contributed by atoms with E-state index in [9.17, 15) is 8.42 Å². The first kappa shape index (κ1) is 10.9. The van der Waals surface area contributed by atoms with Crippen LogP contribution in [0, 0.1) is 0 Å². The van der Waals surface area contributed by atoms with Crippen LogP contribution in [0.5, 0.6) is 0 Å². The van der Waals surface area contributed by atoms with Crippen molar-refractivity contribution in [2.24, 2.45) is 5.73 Å². The Balaban J connectivity index is 2.47. The van der Waals surface area contributed by atoms with Crippen molar-refractivity contribution in [2.45, 2.75) is 24.5 Å². The van der Waals surface area contributed by atoms with Crippen molar-refractivity contribution < 1.29 is 13.2 Å². The van der Waals surface area contributed by atoms with E-state index in [1.807, 2.05) is 0 Å². The van der Waals surface area contributed by atoms with Gasteiger partial charge in [-0.05, 0) is 25.8 Å². The van der Waals surface area contributed by atoms with Crippen LogP contribution in [0.15, 0.2) is 0 Å². The fourth-order valence-electron chi connectivity index (χ4n) is 1.49. The fraction of sp³-hybridized carbons (Fsp3) is 1.00. The zero-order valence-electron chi connectivity index (χ0n) is 7.74. The number of nitrogens with two attached hydrogens (primary N) is 1. The van der Waals surface area contributed by atoms with Gasteiger partial charge in [0, 0.05) is 13.2 Å². The van der Waals surface area contributed by atoms with Gasteiger partial charge in [-0.3, -0.25) is 0 Å². The summed E-state index contributed by atoms with van der Waals surface area (Å²) in [5.74, 6) is 0.230. The second-order valence-electron chi connectivity index (χ2n) is 3.32. The number of sulfone groups is 1. The molecule has 4 nitrogen and oxygen atoms in total. The molecule has 1 heterocycles. The Bertz CT molecular complexity index is 232. The van der Waals surface area contributed by atoms with E-state index >= 15 is 0 Å². The number of hydrogen-bond donors (Lipinski definition) is 1. The molecule has 5 heteroatoms. The molecule has 2 N–H and O–H groups in total. The second-order valence-corrected chi connectivity index (χ2v) is 5.72. The number of rotatable bonds is 4. The minimum atomic E-state index is -2.91. The normalized spacial score (nSPS) is 20.4. The van der Waals surface area contributed by atoms with Crippen molar-refractivity contribution in [3.8, 4) is 0 Å². The Morgan fingerprint density at radius 2 is 1.92 bits per heavy atom. The second kappa shape index (κ2) is 4.93. The topological polar surface area (TPSA) is 69.4 Å². The van der Waals surface area contributed by atoms with E-state index in [-0.39, 0.29) is 11.0 Å². The Morgan fingerprint density at radius 3 is 2.46 bits per heavy atom. The van der Waals surface area contributed by atoms with Crippen LogP contribution in [0.1, 0.15) is 19.3 Å². The lowest BCUT2D eigenvalue weighted by atomic mass is 10.2. The van der Waals surface area contributed by atoms with E-state index in [0.29, 0.717) is 39.0 Å². The Kier molecular flexibility index (Phi) is 4.15. The first-order valence-electron chi connectivity index (χ1n) is 4.66. The summed E-state index contributed by atoms with van der Waals surface area (Å²) in [6.07, 6.45) is 1.86. The maximum atomic E-state index is 11.6. The first-order chi connectivity index (χ1) is 6.17. The van der Waals surface area contributed by atoms with Crippen molar-refractivity contribution in [2.75, 3.05) is 25.5 Å². The fourth-order valence-corrected chi connectivity index (χ4v) is 3.30. The standard InChI is InChI=1S/C8H17NO3S/c9-4-1-7-13(10,11)8-2-5-12-6-3-8/h8H,1-7,9H2. The van der Waals surface area contributed by atoms with Gasteiger partial charge in [0.25, 0.3) is 0 Å². The summed E-state index contributed by atoms with van der Waals surface area (Å²) in [4.78, 5) is 0. The molecule has 0 atom stereocenters. The molecule has 0 aromatic carbocycles. The van der Waals surface area contributed by atoms with Crippen molar-refractivity contribution >= 4 is 9.84 Å². The minimum absolute atomic E-state index is 0.187. The third kappa shape index (κ3) is 3.25. The zero-order chi connectivity index (χ0) is 9.73. The van der Waals surface area contributed by atoms with Crippen LogP contribution in [-0.2, 0) is 14.6 Å². The predicted molar refractivity (Wildman–Crippen MR) is 51.3 cm³/mol. The largest absolute Gasteiger partial charge is 0.381 e. The molecule has 1 rings (SSSR count). The highest BCUT2D eigenvalue weighted by atomic mass is 32.2. The van der Waals surface area contributed by atoms with Gasteiger partial charge in [0.05, 0.1) is 11.0 Å². The van der Waals surface area contributed by atoms with E-state index in [1.165, 1.54) is 0 Å². The summed E-state index contributed by atoms with van der Waals surface area (Å²) in [6.45, 7) is 1.60. The smallest absolute Gasteiger partial charge is 0.153 e. The quantitative estimate of drug-likeness (QED) is 0.700. The van der Waals surface area contributed by atoms with Gasteiger partial charge in [-0.1, -0.05) is 0 Å². The third-order valence-electron chi connectivity index (χ3n) is 2.31. The van der Waals surface area contributed by atoms with Crippen molar-refractivity contribution in [3.63, 3.8) is 0 Å². The summed E-state index contributed by atoms with van der Waals surface area (Å²) in [5, 5.41) is -0.187. The Hall–Kier alpha value is -0.130. The molecule has 1 aliphatic rings. The molecule has 0 unspecified atom stereocenters. The average molecular weight is 207 g/mol. The summed E-state index contributed by atoms with van der Waals surface area (Å²) in [5.41, 5.74) is 5.28. The van der Waals surface area contributed by atoms with Crippen LogP contribution in [0.2, 0.25) is 0 Å². The molecule has 13 heavy (non-hydrogen) atoms.